The second-order valence-electron chi connectivity index (χ2n) is 4.69. The van der Waals surface area contributed by atoms with Crippen molar-refractivity contribution in [2.75, 3.05) is 0 Å². The van der Waals surface area contributed by atoms with Crippen LogP contribution in [0.1, 0.15) is 5.69 Å². The van der Waals surface area contributed by atoms with Gasteiger partial charge in [0.15, 0.2) is 0 Å². The Morgan fingerprint density at radius 2 is 1.50 bits per heavy atom. The SMILES string of the molecule is FC(F)(F)c1[nH]nc(-c2ccccc2)c1-c1ccc(Cl)cc1. The molecule has 2 aromatic carbocycles. The van der Waals surface area contributed by atoms with Gasteiger partial charge in [0.05, 0.1) is 0 Å². The highest BCUT2D eigenvalue weighted by molar-refractivity contribution is 6.30. The predicted octanol–water partition coefficient (Wildman–Crippen LogP) is 5.42. The van der Waals surface area contributed by atoms with Gasteiger partial charge in [0, 0.05) is 16.1 Å². The van der Waals surface area contributed by atoms with Crippen LogP contribution in [0.2, 0.25) is 5.02 Å². The Balaban J connectivity index is 2.24. The summed E-state index contributed by atoms with van der Waals surface area (Å²) in [5.74, 6) is 0. The molecule has 0 fully saturated rings. The number of hydrogen-bond donors (Lipinski definition) is 1. The van der Waals surface area contributed by atoms with E-state index in [1.54, 1.807) is 54.6 Å². The number of benzene rings is 2. The number of nitrogens with one attached hydrogen (secondary N) is 1. The van der Waals surface area contributed by atoms with Gasteiger partial charge >= 0.3 is 6.18 Å². The number of nitrogens with zero attached hydrogens (tertiary/aromatic N) is 1. The van der Waals surface area contributed by atoms with E-state index < -0.39 is 11.9 Å². The maximum absolute atomic E-state index is 13.2. The van der Waals surface area contributed by atoms with Crippen LogP contribution in [-0.4, -0.2) is 10.2 Å². The molecule has 0 aliphatic heterocycles. The number of H-pyrrole nitrogens is 1. The Hall–Kier alpha value is -2.27. The van der Waals surface area contributed by atoms with E-state index in [0.29, 0.717) is 16.1 Å². The fourth-order valence-corrected chi connectivity index (χ4v) is 2.38. The number of aromatic amines is 1. The fraction of sp³-hybridized carbons (Fsp3) is 0.0625. The van der Waals surface area contributed by atoms with Crippen molar-refractivity contribution in [2.24, 2.45) is 0 Å². The number of alkyl halides is 3. The summed E-state index contributed by atoms with van der Waals surface area (Å²) in [6.07, 6.45) is -4.52. The molecule has 0 atom stereocenters. The molecule has 0 aliphatic carbocycles. The van der Waals surface area contributed by atoms with Crippen LogP contribution in [0, 0.1) is 0 Å². The summed E-state index contributed by atoms with van der Waals surface area (Å²) in [6.45, 7) is 0. The maximum Gasteiger partial charge on any atom is 0.433 e. The zero-order valence-electron chi connectivity index (χ0n) is 11.2. The lowest BCUT2D eigenvalue weighted by molar-refractivity contribution is -0.140. The van der Waals surface area contributed by atoms with Crippen LogP contribution in [0.25, 0.3) is 22.4 Å². The van der Waals surface area contributed by atoms with Crippen LogP contribution >= 0.6 is 11.6 Å². The molecule has 0 saturated carbocycles. The predicted molar refractivity (Wildman–Crippen MR) is 79.5 cm³/mol. The summed E-state index contributed by atoms with van der Waals surface area (Å²) in [5.41, 5.74) is 0.433. The molecule has 3 aromatic rings. The van der Waals surface area contributed by atoms with Crippen molar-refractivity contribution in [3.63, 3.8) is 0 Å². The molecule has 0 radical (unpaired) electrons. The zero-order valence-corrected chi connectivity index (χ0v) is 11.9. The van der Waals surface area contributed by atoms with E-state index in [1.807, 2.05) is 0 Å². The van der Waals surface area contributed by atoms with Gasteiger partial charge in [-0.15, -0.1) is 0 Å². The minimum atomic E-state index is -4.52. The molecule has 0 unspecified atom stereocenters. The molecule has 2 nitrogen and oxygen atoms in total. The molecular formula is C16H10ClF3N2. The Morgan fingerprint density at radius 1 is 0.864 bits per heavy atom. The van der Waals surface area contributed by atoms with Crippen LogP contribution in [0.3, 0.4) is 0 Å². The van der Waals surface area contributed by atoms with Gasteiger partial charge in [-0.05, 0) is 17.7 Å². The minimum Gasteiger partial charge on any atom is -0.272 e. The van der Waals surface area contributed by atoms with Gasteiger partial charge in [0.1, 0.15) is 11.4 Å². The molecule has 3 rings (SSSR count). The Labute approximate surface area is 129 Å². The Bertz CT molecular complexity index is 777. The van der Waals surface area contributed by atoms with Crippen LogP contribution in [0.15, 0.2) is 54.6 Å². The van der Waals surface area contributed by atoms with Crippen molar-refractivity contribution in [3.05, 3.63) is 65.3 Å². The van der Waals surface area contributed by atoms with Gasteiger partial charge in [-0.1, -0.05) is 54.1 Å². The maximum atomic E-state index is 13.2. The number of rotatable bonds is 2. The van der Waals surface area contributed by atoms with Crippen molar-refractivity contribution in [1.82, 2.24) is 10.2 Å². The quantitative estimate of drug-likeness (QED) is 0.671. The van der Waals surface area contributed by atoms with Gasteiger partial charge in [0.2, 0.25) is 0 Å². The summed E-state index contributed by atoms with van der Waals surface area (Å²) < 4.78 is 39.7. The second-order valence-corrected chi connectivity index (χ2v) is 5.13. The molecule has 0 bridgehead atoms. The van der Waals surface area contributed by atoms with Gasteiger partial charge < -0.3 is 0 Å². The first-order valence-electron chi connectivity index (χ1n) is 6.44. The standard InChI is InChI=1S/C16H10ClF3N2/c17-12-8-6-10(7-9-12)13-14(11-4-2-1-3-5-11)21-22-15(13)16(18,19)20/h1-9H,(H,21,22). The summed E-state index contributed by atoms with van der Waals surface area (Å²) in [6, 6.07) is 14.9. The molecule has 0 aliphatic rings. The Morgan fingerprint density at radius 3 is 2.09 bits per heavy atom. The van der Waals surface area contributed by atoms with E-state index >= 15 is 0 Å². The minimum absolute atomic E-state index is 0.0235. The second kappa shape index (κ2) is 5.50. The smallest absolute Gasteiger partial charge is 0.272 e. The highest BCUT2D eigenvalue weighted by atomic mass is 35.5. The summed E-state index contributed by atoms with van der Waals surface area (Å²) in [4.78, 5) is 0. The van der Waals surface area contributed by atoms with Crippen LogP contribution in [0.4, 0.5) is 13.2 Å². The highest BCUT2D eigenvalue weighted by Gasteiger charge is 2.37. The zero-order chi connectivity index (χ0) is 15.7. The number of halogens is 4. The van der Waals surface area contributed by atoms with Gasteiger partial charge in [-0.3, -0.25) is 5.10 Å². The van der Waals surface area contributed by atoms with Crippen molar-refractivity contribution < 1.29 is 13.2 Å². The van der Waals surface area contributed by atoms with Gasteiger partial charge in [-0.2, -0.15) is 18.3 Å². The molecule has 1 N–H and O–H groups in total. The van der Waals surface area contributed by atoms with Crippen molar-refractivity contribution in [3.8, 4) is 22.4 Å². The van der Waals surface area contributed by atoms with Crippen LogP contribution in [-0.2, 0) is 6.18 Å². The molecule has 0 spiro atoms. The van der Waals surface area contributed by atoms with Crippen molar-refractivity contribution in [1.29, 1.82) is 0 Å². The van der Waals surface area contributed by atoms with E-state index in [0.717, 1.165) is 0 Å². The Kier molecular flexibility index (Phi) is 3.66. The summed E-state index contributed by atoms with van der Waals surface area (Å²) in [7, 11) is 0. The number of aromatic nitrogens is 2. The molecule has 1 heterocycles. The first kappa shape index (κ1) is 14.7. The van der Waals surface area contributed by atoms with Gasteiger partial charge in [-0.25, -0.2) is 0 Å². The van der Waals surface area contributed by atoms with E-state index in [4.69, 9.17) is 11.6 Å². The molecule has 1 aromatic heterocycles. The topological polar surface area (TPSA) is 28.7 Å². The molecule has 6 heteroatoms. The fourth-order valence-electron chi connectivity index (χ4n) is 2.25. The highest BCUT2D eigenvalue weighted by Crippen LogP contribution is 2.41. The van der Waals surface area contributed by atoms with E-state index in [-0.39, 0.29) is 11.3 Å². The summed E-state index contributed by atoms with van der Waals surface area (Å²) >= 11 is 5.81. The van der Waals surface area contributed by atoms with Crippen LogP contribution in [0.5, 0.6) is 0 Å². The third-order valence-corrected chi connectivity index (χ3v) is 3.48. The lowest BCUT2D eigenvalue weighted by Gasteiger charge is -2.09. The molecule has 22 heavy (non-hydrogen) atoms. The largest absolute Gasteiger partial charge is 0.433 e. The molecule has 0 amide bonds. The van der Waals surface area contributed by atoms with Crippen molar-refractivity contribution >= 4 is 11.6 Å². The van der Waals surface area contributed by atoms with E-state index in [1.165, 1.54) is 0 Å². The molecular weight excluding hydrogens is 313 g/mol. The lowest BCUT2D eigenvalue weighted by Crippen LogP contribution is -2.07. The first-order valence-corrected chi connectivity index (χ1v) is 6.81. The molecule has 112 valence electrons. The van der Waals surface area contributed by atoms with Gasteiger partial charge in [0.25, 0.3) is 0 Å². The van der Waals surface area contributed by atoms with Crippen molar-refractivity contribution in [2.45, 2.75) is 6.18 Å². The third kappa shape index (κ3) is 2.72. The first-order chi connectivity index (χ1) is 10.5. The average molecular weight is 323 g/mol. The summed E-state index contributed by atoms with van der Waals surface area (Å²) in [5, 5.41) is 6.45. The molecule has 0 saturated heterocycles. The normalized spacial score (nSPS) is 11.6. The number of hydrogen-bond acceptors (Lipinski definition) is 1. The van der Waals surface area contributed by atoms with E-state index in [2.05, 4.69) is 10.2 Å². The van der Waals surface area contributed by atoms with Crippen LogP contribution < -0.4 is 0 Å². The lowest BCUT2D eigenvalue weighted by atomic mass is 9.99. The average Bonchev–Trinajstić information content (AvgIpc) is 2.94. The monoisotopic (exact) mass is 322 g/mol. The van der Waals surface area contributed by atoms with E-state index in [9.17, 15) is 13.2 Å². The third-order valence-electron chi connectivity index (χ3n) is 3.23.